The Morgan fingerprint density at radius 1 is 1.09 bits per heavy atom. The van der Waals surface area contributed by atoms with Crippen molar-refractivity contribution in [1.29, 1.82) is 0 Å². The van der Waals surface area contributed by atoms with Crippen molar-refractivity contribution in [2.24, 2.45) is 0 Å². The van der Waals surface area contributed by atoms with E-state index in [1.807, 2.05) is 12.1 Å². The smallest absolute Gasteiger partial charge is 0.266 e. The van der Waals surface area contributed by atoms with Gasteiger partial charge in [0.25, 0.3) is 5.91 Å². The van der Waals surface area contributed by atoms with Crippen LogP contribution >= 0.6 is 0 Å². The van der Waals surface area contributed by atoms with Crippen LogP contribution in [0.25, 0.3) is 0 Å². The second-order valence-corrected chi connectivity index (χ2v) is 8.94. The molecule has 2 aromatic carbocycles. The van der Waals surface area contributed by atoms with Crippen molar-refractivity contribution in [1.82, 2.24) is 14.8 Å². The molecule has 0 saturated carbocycles. The maximum atomic E-state index is 13.3. The Bertz CT molecular complexity index is 1210. The minimum absolute atomic E-state index is 0.0849. The summed E-state index contributed by atoms with van der Waals surface area (Å²) in [5, 5.41) is 9.22. The van der Waals surface area contributed by atoms with Crippen LogP contribution < -0.4 is 15.0 Å². The predicted molar refractivity (Wildman–Crippen MR) is 114 cm³/mol. The first-order valence-electron chi connectivity index (χ1n) is 9.75. The Labute approximate surface area is 185 Å². The molecule has 4 rings (SSSR count). The third-order valence-electron chi connectivity index (χ3n) is 5.20. The van der Waals surface area contributed by atoms with Gasteiger partial charge in [0.15, 0.2) is 0 Å². The average Bonchev–Trinajstić information content (AvgIpc) is 2.83. The number of rotatable bonds is 6. The number of carbonyl (C=O) groups excluding carboxylic acids is 1. The zero-order chi connectivity index (χ0) is 22.7. The molecule has 0 radical (unpaired) electrons. The van der Waals surface area contributed by atoms with E-state index in [0.29, 0.717) is 23.5 Å². The van der Waals surface area contributed by atoms with Crippen LogP contribution in [0.15, 0.2) is 71.8 Å². The molecule has 1 amide bonds. The topological polar surface area (TPSA) is 118 Å². The van der Waals surface area contributed by atoms with Crippen LogP contribution in [0.1, 0.15) is 17.2 Å². The standard InChI is InChI=1S/C22H21N3O6S/c1-30-16-6-8-17(9-7-16)31-20-11-10-18(14-23-20)32(28,29)25-13-12-15-4-2-3-5-19(15)21(25)22(26)24-27/h2-11,14,21,27H,12-13H2,1H3,(H,24,26)/t21-/m1/s1. The molecule has 10 heteroatoms. The van der Waals surface area contributed by atoms with Gasteiger partial charge in [-0.25, -0.2) is 18.9 Å². The average molecular weight is 455 g/mol. The van der Waals surface area contributed by atoms with Gasteiger partial charge >= 0.3 is 0 Å². The van der Waals surface area contributed by atoms with Gasteiger partial charge in [-0.3, -0.25) is 10.0 Å². The van der Waals surface area contributed by atoms with E-state index in [9.17, 15) is 18.4 Å². The molecule has 0 aliphatic carbocycles. The molecule has 0 fully saturated rings. The number of hydrogen-bond donors (Lipinski definition) is 2. The number of nitrogens with zero attached hydrogens (tertiary/aromatic N) is 2. The fraction of sp³-hybridized carbons (Fsp3) is 0.182. The molecule has 9 nitrogen and oxygen atoms in total. The number of ether oxygens (including phenoxy) is 2. The number of hydroxylamine groups is 1. The van der Waals surface area contributed by atoms with Gasteiger partial charge in [0.05, 0.1) is 13.3 Å². The summed E-state index contributed by atoms with van der Waals surface area (Å²) in [6, 6.07) is 15.6. The van der Waals surface area contributed by atoms with Crippen LogP contribution in [0, 0.1) is 0 Å². The maximum Gasteiger partial charge on any atom is 0.266 e. The van der Waals surface area contributed by atoms with Gasteiger partial charge in [-0.1, -0.05) is 24.3 Å². The Morgan fingerprint density at radius 3 is 2.47 bits per heavy atom. The summed E-state index contributed by atoms with van der Waals surface area (Å²) in [7, 11) is -2.52. The molecule has 0 unspecified atom stereocenters. The molecule has 0 saturated heterocycles. The van der Waals surface area contributed by atoms with E-state index >= 15 is 0 Å². The van der Waals surface area contributed by atoms with Gasteiger partial charge in [-0.15, -0.1) is 0 Å². The molecule has 1 aromatic heterocycles. The lowest BCUT2D eigenvalue weighted by Crippen LogP contribution is -2.46. The maximum absolute atomic E-state index is 13.3. The van der Waals surface area contributed by atoms with E-state index in [1.54, 1.807) is 49.0 Å². The Balaban J connectivity index is 1.60. The molecule has 1 aliphatic rings. The highest BCUT2D eigenvalue weighted by Gasteiger charge is 2.40. The summed E-state index contributed by atoms with van der Waals surface area (Å²) < 4.78 is 38.5. The van der Waals surface area contributed by atoms with Crippen LogP contribution in [-0.2, 0) is 21.2 Å². The van der Waals surface area contributed by atoms with Gasteiger partial charge < -0.3 is 9.47 Å². The second-order valence-electron chi connectivity index (χ2n) is 7.05. The van der Waals surface area contributed by atoms with Gasteiger partial charge in [0.1, 0.15) is 22.4 Å². The van der Waals surface area contributed by atoms with Crippen molar-refractivity contribution in [3.63, 3.8) is 0 Å². The molecule has 2 N–H and O–H groups in total. The first kappa shape index (κ1) is 21.8. The van der Waals surface area contributed by atoms with Gasteiger partial charge in [0.2, 0.25) is 15.9 Å². The first-order valence-corrected chi connectivity index (χ1v) is 11.2. The Hall–Kier alpha value is -3.47. The summed E-state index contributed by atoms with van der Waals surface area (Å²) in [6.45, 7) is 0.0849. The van der Waals surface area contributed by atoms with Crippen LogP contribution in [0.3, 0.4) is 0 Å². The third-order valence-corrected chi connectivity index (χ3v) is 7.04. The predicted octanol–water partition coefficient (Wildman–Crippen LogP) is 2.68. The molecule has 2 heterocycles. The van der Waals surface area contributed by atoms with Crippen LogP contribution in [0.4, 0.5) is 0 Å². The number of amides is 1. The van der Waals surface area contributed by atoms with Crippen molar-refractivity contribution in [3.8, 4) is 17.4 Å². The number of benzene rings is 2. The number of methoxy groups -OCH3 is 1. The van der Waals surface area contributed by atoms with Crippen LogP contribution in [0.2, 0.25) is 0 Å². The van der Waals surface area contributed by atoms with E-state index in [-0.39, 0.29) is 17.3 Å². The molecule has 3 aromatic rings. The summed E-state index contributed by atoms with van der Waals surface area (Å²) in [4.78, 5) is 16.4. The van der Waals surface area contributed by atoms with Crippen LogP contribution in [-0.4, -0.2) is 42.5 Å². The van der Waals surface area contributed by atoms with Gasteiger partial charge in [0, 0.05) is 12.6 Å². The number of aromatic nitrogens is 1. The highest BCUT2D eigenvalue weighted by atomic mass is 32.2. The Morgan fingerprint density at radius 2 is 1.81 bits per heavy atom. The minimum atomic E-state index is -4.08. The lowest BCUT2D eigenvalue weighted by atomic mass is 9.94. The highest BCUT2D eigenvalue weighted by molar-refractivity contribution is 7.89. The number of carbonyl (C=O) groups is 1. The van der Waals surface area contributed by atoms with Crippen LogP contribution in [0.5, 0.6) is 17.4 Å². The van der Waals surface area contributed by atoms with E-state index < -0.39 is 22.0 Å². The lowest BCUT2D eigenvalue weighted by molar-refractivity contribution is -0.133. The molecule has 32 heavy (non-hydrogen) atoms. The molecule has 1 atom stereocenters. The SMILES string of the molecule is COc1ccc(Oc2ccc(S(=O)(=O)N3CCc4ccccc4[C@@H]3C(=O)NO)cn2)cc1. The van der Waals surface area contributed by atoms with Crippen molar-refractivity contribution >= 4 is 15.9 Å². The van der Waals surface area contributed by atoms with Crippen molar-refractivity contribution < 1.29 is 27.9 Å². The van der Waals surface area contributed by atoms with E-state index in [2.05, 4.69) is 4.98 Å². The quantitative estimate of drug-likeness (QED) is 0.433. The highest BCUT2D eigenvalue weighted by Crippen LogP contribution is 2.34. The number of pyridine rings is 1. The number of fused-ring (bicyclic) bond motifs is 1. The van der Waals surface area contributed by atoms with E-state index in [4.69, 9.17) is 9.47 Å². The first-order chi connectivity index (χ1) is 15.4. The summed E-state index contributed by atoms with van der Waals surface area (Å²) in [5.74, 6) is 0.577. The molecular formula is C22H21N3O6S. The number of sulfonamides is 1. The van der Waals surface area contributed by atoms with Crippen molar-refractivity contribution in [2.45, 2.75) is 17.4 Å². The van der Waals surface area contributed by atoms with E-state index in [1.165, 1.54) is 18.3 Å². The molecular weight excluding hydrogens is 434 g/mol. The Kier molecular flexibility index (Phi) is 6.08. The fourth-order valence-electron chi connectivity index (χ4n) is 3.62. The zero-order valence-electron chi connectivity index (χ0n) is 17.1. The zero-order valence-corrected chi connectivity index (χ0v) is 18.0. The van der Waals surface area contributed by atoms with Crippen molar-refractivity contribution in [3.05, 3.63) is 78.0 Å². The monoisotopic (exact) mass is 455 g/mol. The molecule has 0 spiro atoms. The number of nitrogens with one attached hydrogen (secondary N) is 1. The number of hydrogen-bond acceptors (Lipinski definition) is 7. The summed E-state index contributed by atoms with van der Waals surface area (Å²) in [6.07, 6.45) is 1.62. The summed E-state index contributed by atoms with van der Waals surface area (Å²) >= 11 is 0. The minimum Gasteiger partial charge on any atom is -0.497 e. The third kappa shape index (κ3) is 4.15. The molecule has 0 bridgehead atoms. The van der Waals surface area contributed by atoms with Gasteiger partial charge in [-0.05, 0) is 47.9 Å². The lowest BCUT2D eigenvalue weighted by Gasteiger charge is -2.34. The largest absolute Gasteiger partial charge is 0.497 e. The second kappa shape index (κ2) is 8.95. The summed E-state index contributed by atoms with van der Waals surface area (Å²) in [5.41, 5.74) is 2.97. The molecule has 1 aliphatic heterocycles. The normalized spacial score (nSPS) is 16.1. The fourth-order valence-corrected chi connectivity index (χ4v) is 5.13. The van der Waals surface area contributed by atoms with Crippen molar-refractivity contribution in [2.75, 3.05) is 13.7 Å². The van der Waals surface area contributed by atoms with E-state index in [0.717, 1.165) is 9.87 Å². The van der Waals surface area contributed by atoms with Gasteiger partial charge in [-0.2, -0.15) is 4.31 Å². The molecule has 166 valence electrons.